The SMILES string of the molecule is CCC(CC(CC(CC(CC(CC(CC)c1ccccc1)c1ccccc1)c1ccccc1)c1ccccc1)c1ccccc1)c1ccccc1. The fourth-order valence-electron chi connectivity index (χ4n) is 8.62. The van der Waals surface area contributed by atoms with Crippen molar-refractivity contribution in [1.82, 2.24) is 0 Å². The Morgan fingerprint density at radius 2 is 0.392 bits per heavy atom. The minimum atomic E-state index is 0.433. The first-order chi connectivity index (χ1) is 25.2. The Bertz CT molecular complexity index is 1650. The predicted octanol–water partition coefficient (Wildman–Crippen LogP) is 14.5. The van der Waals surface area contributed by atoms with E-state index in [1.54, 1.807) is 0 Å². The Morgan fingerprint density at radius 3 is 0.569 bits per heavy atom. The van der Waals surface area contributed by atoms with Crippen LogP contribution in [-0.4, -0.2) is 0 Å². The summed E-state index contributed by atoms with van der Waals surface area (Å²) in [5.41, 5.74) is 8.82. The molecule has 0 aromatic heterocycles. The maximum absolute atomic E-state index is 2.39. The van der Waals surface area contributed by atoms with Crippen molar-refractivity contribution in [1.29, 1.82) is 0 Å². The van der Waals surface area contributed by atoms with Gasteiger partial charge >= 0.3 is 0 Å². The standard InChI is InChI=1S/C51H56/c1-3-40(42-23-11-5-12-24-42)35-48(44-27-15-7-16-28-44)37-50(46-31-19-9-20-32-46)39-51(47-33-21-10-22-34-47)38-49(45-29-17-8-18-30-45)36-41(4-2)43-25-13-6-14-26-43/h5-34,40-41,48-51H,3-4,35-39H2,1-2H3. The van der Waals surface area contributed by atoms with Crippen LogP contribution in [-0.2, 0) is 0 Å². The molecule has 6 unspecified atom stereocenters. The van der Waals surface area contributed by atoms with Gasteiger partial charge < -0.3 is 0 Å². The van der Waals surface area contributed by atoms with E-state index in [2.05, 4.69) is 196 Å². The second-order valence-electron chi connectivity index (χ2n) is 14.6. The van der Waals surface area contributed by atoms with Crippen LogP contribution in [0.1, 0.15) is 128 Å². The van der Waals surface area contributed by atoms with E-state index < -0.39 is 0 Å². The largest absolute Gasteiger partial charge is 0.0648 e. The number of rotatable bonds is 18. The molecule has 0 fully saturated rings. The highest BCUT2D eigenvalue weighted by atomic mass is 14.3. The van der Waals surface area contributed by atoms with Gasteiger partial charge in [0.1, 0.15) is 0 Å². The summed E-state index contributed by atoms with van der Waals surface area (Å²) in [4.78, 5) is 0. The highest BCUT2D eigenvalue weighted by Crippen LogP contribution is 2.46. The van der Waals surface area contributed by atoms with E-state index in [9.17, 15) is 0 Å². The van der Waals surface area contributed by atoms with E-state index in [-0.39, 0.29) is 0 Å². The molecule has 0 saturated carbocycles. The van der Waals surface area contributed by atoms with Crippen LogP contribution in [0.4, 0.5) is 0 Å². The van der Waals surface area contributed by atoms with Crippen LogP contribution in [0.2, 0.25) is 0 Å². The van der Waals surface area contributed by atoms with Gasteiger partial charge in [-0.2, -0.15) is 0 Å². The van der Waals surface area contributed by atoms with Crippen molar-refractivity contribution in [3.8, 4) is 0 Å². The van der Waals surface area contributed by atoms with Crippen molar-refractivity contribution in [2.45, 2.75) is 94.3 Å². The van der Waals surface area contributed by atoms with Crippen molar-refractivity contribution in [3.05, 3.63) is 215 Å². The lowest BCUT2D eigenvalue weighted by atomic mass is 9.72. The molecule has 0 radical (unpaired) electrons. The lowest BCUT2D eigenvalue weighted by Crippen LogP contribution is -2.16. The zero-order valence-electron chi connectivity index (χ0n) is 30.7. The molecule has 51 heavy (non-hydrogen) atoms. The molecule has 260 valence electrons. The molecular weight excluding hydrogens is 613 g/mol. The summed E-state index contributed by atoms with van der Waals surface area (Å²) in [6.45, 7) is 4.73. The molecule has 0 nitrogen and oxygen atoms in total. The van der Waals surface area contributed by atoms with E-state index in [1.807, 2.05) is 0 Å². The minimum Gasteiger partial charge on any atom is -0.0648 e. The minimum absolute atomic E-state index is 0.433. The van der Waals surface area contributed by atoms with Crippen LogP contribution in [0.5, 0.6) is 0 Å². The topological polar surface area (TPSA) is 0 Å². The molecule has 0 saturated heterocycles. The Kier molecular flexibility index (Phi) is 13.5. The molecule has 6 rings (SSSR count). The summed E-state index contributed by atoms with van der Waals surface area (Å²) in [5, 5.41) is 0. The van der Waals surface area contributed by atoms with Gasteiger partial charge in [0.05, 0.1) is 0 Å². The fourth-order valence-corrected chi connectivity index (χ4v) is 8.62. The first-order valence-corrected chi connectivity index (χ1v) is 19.5. The molecule has 0 heterocycles. The summed E-state index contributed by atoms with van der Waals surface area (Å²) in [6.07, 6.45) is 8.02. The highest BCUT2D eigenvalue weighted by molar-refractivity contribution is 5.30. The Labute approximate surface area is 308 Å². The molecule has 0 spiro atoms. The molecule has 6 aromatic carbocycles. The van der Waals surface area contributed by atoms with Crippen molar-refractivity contribution in [3.63, 3.8) is 0 Å². The van der Waals surface area contributed by atoms with Gasteiger partial charge in [0.2, 0.25) is 0 Å². The Morgan fingerprint density at radius 1 is 0.235 bits per heavy atom. The predicted molar refractivity (Wildman–Crippen MR) is 219 cm³/mol. The number of hydrogen-bond donors (Lipinski definition) is 0. The third kappa shape index (κ3) is 10.2. The zero-order chi connectivity index (χ0) is 35.1. The Hall–Kier alpha value is -4.68. The van der Waals surface area contributed by atoms with E-state index in [4.69, 9.17) is 0 Å². The second kappa shape index (κ2) is 19.1. The monoisotopic (exact) mass is 668 g/mol. The summed E-state index contributed by atoms with van der Waals surface area (Å²) in [6, 6.07) is 68.1. The smallest absolute Gasteiger partial charge is 0.0150 e. The summed E-state index contributed by atoms with van der Waals surface area (Å²) in [7, 11) is 0. The van der Waals surface area contributed by atoms with Gasteiger partial charge in [-0.1, -0.05) is 196 Å². The van der Waals surface area contributed by atoms with Gasteiger partial charge in [0.25, 0.3) is 0 Å². The lowest BCUT2D eigenvalue weighted by Gasteiger charge is -2.33. The Balaban J connectivity index is 1.36. The molecule has 0 aliphatic rings. The first kappa shape index (κ1) is 36.1. The van der Waals surface area contributed by atoms with Crippen LogP contribution in [0, 0.1) is 0 Å². The summed E-state index contributed by atoms with van der Waals surface area (Å²) < 4.78 is 0. The molecule has 0 N–H and O–H groups in total. The molecule has 0 heteroatoms. The van der Waals surface area contributed by atoms with Crippen LogP contribution in [0.15, 0.2) is 182 Å². The van der Waals surface area contributed by atoms with E-state index in [1.165, 1.54) is 33.4 Å². The van der Waals surface area contributed by atoms with Gasteiger partial charge in [-0.05, 0) is 114 Å². The molecule has 0 aliphatic heterocycles. The average molecular weight is 669 g/mol. The van der Waals surface area contributed by atoms with E-state index in [0.717, 1.165) is 44.9 Å². The molecule has 6 aromatic rings. The van der Waals surface area contributed by atoms with Gasteiger partial charge in [0, 0.05) is 0 Å². The van der Waals surface area contributed by atoms with Gasteiger partial charge in [-0.3, -0.25) is 0 Å². The molecule has 0 aliphatic carbocycles. The lowest BCUT2D eigenvalue weighted by molar-refractivity contribution is 0.389. The van der Waals surface area contributed by atoms with Crippen LogP contribution in [0.25, 0.3) is 0 Å². The fraction of sp³-hybridized carbons (Fsp3) is 0.294. The van der Waals surface area contributed by atoms with Crippen molar-refractivity contribution < 1.29 is 0 Å². The van der Waals surface area contributed by atoms with E-state index in [0.29, 0.717) is 35.5 Å². The molecular formula is C51H56. The number of hydrogen-bond acceptors (Lipinski definition) is 0. The summed E-state index contributed by atoms with van der Waals surface area (Å²) in [5.74, 6) is 2.86. The van der Waals surface area contributed by atoms with Crippen LogP contribution >= 0.6 is 0 Å². The molecule has 0 amide bonds. The third-order valence-electron chi connectivity index (χ3n) is 11.5. The van der Waals surface area contributed by atoms with Gasteiger partial charge in [-0.15, -0.1) is 0 Å². The van der Waals surface area contributed by atoms with Crippen LogP contribution < -0.4 is 0 Å². The first-order valence-electron chi connectivity index (χ1n) is 19.5. The highest BCUT2D eigenvalue weighted by Gasteiger charge is 2.29. The molecule has 6 atom stereocenters. The second-order valence-corrected chi connectivity index (χ2v) is 14.6. The van der Waals surface area contributed by atoms with Crippen molar-refractivity contribution in [2.24, 2.45) is 0 Å². The van der Waals surface area contributed by atoms with Crippen molar-refractivity contribution >= 4 is 0 Å². The third-order valence-corrected chi connectivity index (χ3v) is 11.5. The number of benzene rings is 6. The maximum atomic E-state index is 2.39. The maximum Gasteiger partial charge on any atom is -0.0150 e. The quantitative estimate of drug-likeness (QED) is 0.0855. The van der Waals surface area contributed by atoms with E-state index >= 15 is 0 Å². The van der Waals surface area contributed by atoms with Crippen molar-refractivity contribution in [2.75, 3.05) is 0 Å². The van der Waals surface area contributed by atoms with Crippen LogP contribution in [0.3, 0.4) is 0 Å². The van der Waals surface area contributed by atoms with Gasteiger partial charge in [-0.25, -0.2) is 0 Å². The average Bonchev–Trinajstić information content (AvgIpc) is 3.22. The summed E-state index contributed by atoms with van der Waals surface area (Å²) >= 11 is 0. The molecule has 0 bridgehead atoms. The van der Waals surface area contributed by atoms with Gasteiger partial charge in [0.15, 0.2) is 0 Å². The normalized spacial score (nSPS) is 14.9. The zero-order valence-corrected chi connectivity index (χ0v) is 30.7.